The molecule has 8 nitrogen and oxygen atoms in total. The fraction of sp³-hybridized carbons (Fsp3) is 0.444. The summed E-state index contributed by atoms with van der Waals surface area (Å²) in [6.45, 7) is 2.69. The highest BCUT2D eigenvalue weighted by molar-refractivity contribution is 6.30. The third-order valence-electron chi connectivity index (χ3n) is 4.85. The Morgan fingerprint density at radius 1 is 1.22 bits per heavy atom. The lowest BCUT2D eigenvalue weighted by molar-refractivity contribution is 0.410. The van der Waals surface area contributed by atoms with Crippen LogP contribution in [-0.4, -0.2) is 37.0 Å². The van der Waals surface area contributed by atoms with Crippen molar-refractivity contribution < 1.29 is 0 Å². The molecule has 0 bridgehead atoms. The molecule has 1 fully saturated rings. The van der Waals surface area contributed by atoms with Crippen LogP contribution in [-0.2, 0) is 6.54 Å². The van der Waals surface area contributed by atoms with E-state index in [2.05, 4.69) is 30.9 Å². The van der Waals surface area contributed by atoms with Crippen LogP contribution in [0.1, 0.15) is 32.6 Å². The van der Waals surface area contributed by atoms with Gasteiger partial charge in [-0.15, -0.1) is 5.10 Å². The Morgan fingerprint density at radius 2 is 2.04 bits per heavy atom. The molecule has 2 heterocycles. The zero-order valence-electron chi connectivity index (χ0n) is 15.2. The lowest BCUT2D eigenvalue weighted by atomic mass is 9.92. The standard InChI is InChI=1S/C18H23ClN8/c1-2-27-17-15(25-26-27)16(21-14-5-3-4-11(19)10-14)23-18(24-17)22-13-8-6-12(20)7-9-13/h3-5,10,12-13H,2,6-9,20H2,1H3,(H2,21,22,23,24). The zero-order valence-corrected chi connectivity index (χ0v) is 15.9. The summed E-state index contributed by atoms with van der Waals surface area (Å²) in [5, 5.41) is 15.8. The smallest absolute Gasteiger partial charge is 0.227 e. The van der Waals surface area contributed by atoms with E-state index in [1.54, 1.807) is 4.68 Å². The van der Waals surface area contributed by atoms with Gasteiger partial charge in [0.2, 0.25) is 5.95 Å². The Bertz CT molecular complexity index is 932. The van der Waals surface area contributed by atoms with Crippen LogP contribution in [0.25, 0.3) is 11.2 Å². The first-order chi connectivity index (χ1) is 13.1. The van der Waals surface area contributed by atoms with E-state index in [0.717, 1.165) is 31.4 Å². The molecule has 4 rings (SSSR count). The molecule has 142 valence electrons. The molecule has 0 aliphatic heterocycles. The molecule has 2 aromatic heterocycles. The van der Waals surface area contributed by atoms with Crippen molar-refractivity contribution in [1.29, 1.82) is 0 Å². The van der Waals surface area contributed by atoms with E-state index in [0.29, 0.717) is 46.6 Å². The molecule has 1 saturated carbocycles. The monoisotopic (exact) mass is 386 g/mol. The van der Waals surface area contributed by atoms with Crippen molar-refractivity contribution in [3.05, 3.63) is 29.3 Å². The van der Waals surface area contributed by atoms with Crippen LogP contribution in [0.3, 0.4) is 0 Å². The molecule has 3 aromatic rings. The van der Waals surface area contributed by atoms with E-state index in [-0.39, 0.29) is 0 Å². The molecule has 1 aromatic carbocycles. The quantitative estimate of drug-likeness (QED) is 0.617. The lowest BCUT2D eigenvalue weighted by Crippen LogP contribution is -2.33. The molecule has 1 aliphatic rings. The minimum absolute atomic E-state index is 0.303. The van der Waals surface area contributed by atoms with Gasteiger partial charge >= 0.3 is 0 Å². The molecule has 0 atom stereocenters. The first-order valence-corrected chi connectivity index (χ1v) is 9.66. The summed E-state index contributed by atoms with van der Waals surface area (Å²) in [5.41, 5.74) is 8.18. The first-order valence-electron chi connectivity index (χ1n) is 9.28. The number of anilines is 3. The topological polar surface area (TPSA) is 107 Å². The minimum Gasteiger partial charge on any atom is -0.351 e. The SMILES string of the molecule is CCn1nnc2c(Nc3cccc(Cl)c3)nc(NC3CCC(N)CC3)nc21. The number of fused-ring (bicyclic) bond motifs is 1. The number of rotatable bonds is 5. The van der Waals surface area contributed by atoms with Crippen LogP contribution in [0, 0.1) is 0 Å². The highest BCUT2D eigenvalue weighted by atomic mass is 35.5. The van der Waals surface area contributed by atoms with Crippen LogP contribution in [0.4, 0.5) is 17.5 Å². The Kier molecular flexibility index (Phi) is 5.09. The molecule has 1 aliphatic carbocycles. The van der Waals surface area contributed by atoms with Crippen LogP contribution in [0.15, 0.2) is 24.3 Å². The molecule has 27 heavy (non-hydrogen) atoms. The van der Waals surface area contributed by atoms with Crippen molar-refractivity contribution in [2.45, 2.75) is 51.2 Å². The number of nitrogens with one attached hydrogen (secondary N) is 2. The maximum absolute atomic E-state index is 6.10. The highest BCUT2D eigenvalue weighted by Crippen LogP contribution is 2.26. The zero-order chi connectivity index (χ0) is 18.8. The van der Waals surface area contributed by atoms with E-state index < -0.39 is 0 Å². The van der Waals surface area contributed by atoms with Gasteiger partial charge in [-0.05, 0) is 50.8 Å². The Hall–Kier alpha value is -2.45. The van der Waals surface area contributed by atoms with Gasteiger partial charge in [-0.2, -0.15) is 9.97 Å². The third kappa shape index (κ3) is 3.96. The van der Waals surface area contributed by atoms with Gasteiger partial charge in [-0.25, -0.2) is 4.68 Å². The van der Waals surface area contributed by atoms with Crippen molar-refractivity contribution in [1.82, 2.24) is 25.0 Å². The minimum atomic E-state index is 0.303. The summed E-state index contributed by atoms with van der Waals surface area (Å²) in [5.74, 6) is 1.18. The molecular weight excluding hydrogens is 364 g/mol. The molecular formula is C18H23ClN8. The normalized spacial score (nSPS) is 20.0. The van der Waals surface area contributed by atoms with E-state index in [1.807, 2.05) is 31.2 Å². The van der Waals surface area contributed by atoms with E-state index >= 15 is 0 Å². The van der Waals surface area contributed by atoms with Crippen LogP contribution in [0.5, 0.6) is 0 Å². The molecule has 0 spiro atoms. The number of hydrogen-bond acceptors (Lipinski definition) is 7. The van der Waals surface area contributed by atoms with Gasteiger partial charge in [-0.1, -0.05) is 22.9 Å². The molecule has 0 unspecified atom stereocenters. The number of aryl methyl sites for hydroxylation is 1. The summed E-state index contributed by atoms with van der Waals surface area (Å²) >= 11 is 6.10. The second-order valence-corrected chi connectivity index (χ2v) is 7.30. The predicted molar refractivity (Wildman–Crippen MR) is 107 cm³/mol. The molecule has 9 heteroatoms. The largest absolute Gasteiger partial charge is 0.351 e. The Morgan fingerprint density at radius 3 is 2.78 bits per heavy atom. The second kappa shape index (κ2) is 7.66. The van der Waals surface area contributed by atoms with Crippen molar-refractivity contribution in [3.63, 3.8) is 0 Å². The van der Waals surface area contributed by atoms with Crippen molar-refractivity contribution in [2.24, 2.45) is 5.73 Å². The maximum Gasteiger partial charge on any atom is 0.227 e. The van der Waals surface area contributed by atoms with E-state index in [1.165, 1.54) is 0 Å². The first kappa shape index (κ1) is 17.9. The average Bonchev–Trinajstić information content (AvgIpc) is 3.07. The fourth-order valence-electron chi connectivity index (χ4n) is 3.37. The van der Waals surface area contributed by atoms with E-state index in [9.17, 15) is 0 Å². The molecule has 4 N–H and O–H groups in total. The number of halogens is 1. The summed E-state index contributed by atoms with van der Waals surface area (Å²) < 4.78 is 1.77. The molecule has 0 radical (unpaired) electrons. The number of benzene rings is 1. The van der Waals surface area contributed by atoms with Gasteiger partial charge in [0, 0.05) is 29.3 Å². The average molecular weight is 387 g/mol. The molecule has 0 amide bonds. The number of nitrogens with zero attached hydrogens (tertiary/aromatic N) is 5. The van der Waals surface area contributed by atoms with Gasteiger partial charge < -0.3 is 16.4 Å². The van der Waals surface area contributed by atoms with Gasteiger partial charge in [0.25, 0.3) is 0 Å². The van der Waals surface area contributed by atoms with Crippen molar-refractivity contribution >= 4 is 40.2 Å². The Balaban J connectivity index is 1.67. The van der Waals surface area contributed by atoms with Gasteiger partial charge in [0.05, 0.1) is 0 Å². The lowest BCUT2D eigenvalue weighted by Gasteiger charge is -2.26. The van der Waals surface area contributed by atoms with Crippen LogP contribution >= 0.6 is 11.6 Å². The highest BCUT2D eigenvalue weighted by Gasteiger charge is 2.21. The Labute approximate surface area is 162 Å². The summed E-state index contributed by atoms with van der Waals surface area (Å²) in [4.78, 5) is 9.32. The number of aromatic nitrogens is 5. The van der Waals surface area contributed by atoms with Gasteiger partial charge in [0.1, 0.15) is 0 Å². The second-order valence-electron chi connectivity index (χ2n) is 6.86. The summed E-state index contributed by atoms with van der Waals surface area (Å²) in [7, 11) is 0. The van der Waals surface area contributed by atoms with Crippen LogP contribution < -0.4 is 16.4 Å². The number of nitrogens with two attached hydrogens (primary N) is 1. The van der Waals surface area contributed by atoms with E-state index in [4.69, 9.17) is 17.3 Å². The third-order valence-corrected chi connectivity index (χ3v) is 5.09. The fourth-order valence-corrected chi connectivity index (χ4v) is 3.56. The van der Waals surface area contributed by atoms with Gasteiger partial charge in [0.15, 0.2) is 17.0 Å². The van der Waals surface area contributed by atoms with Crippen molar-refractivity contribution in [2.75, 3.05) is 10.6 Å². The number of hydrogen-bond donors (Lipinski definition) is 3. The molecule has 0 saturated heterocycles. The predicted octanol–water partition coefficient (Wildman–Crippen LogP) is 3.32. The summed E-state index contributed by atoms with van der Waals surface area (Å²) in [6, 6.07) is 8.12. The maximum atomic E-state index is 6.10. The van der Waals surface area contributed by atoms with Crippen molar-refractivity contribution in [3.8, 4) is 0 Å². The van der Waals surface area contributed by atoms with Crippen LogP contribution in [0.2, 0.25) is 5.02 Å². The summed E-state index contributed by atoms with van der Waals surface area (Å²) in [6.07, 6.45) is 4.07. The van der Waals surface area contributed by atoms with Gasteiger partial charge in [-0.3, -0.25) is 0 Å².